The van der Waals surface area contributed by atoms with Crippen LogP contribution in [-0.4, -0.2) is 25.6 Å². The lowest BCUT2D eigenvalue weighted by atomic mass is 10.1. The van der Waals surface area contributed by atoms with Crippen LogP contribution in [0.2, 0.25) is 0 Å². The molecule has 0 radical (unpaired) electrons. The van der Waals surface area contributed by atoms with Crippen LogP contribution in [0, 0.1) is 13.8 Å². The van der Waals surface area contributed by atoms with Crippen molar-refractivity contribution in [2.45, 2.75) is 18.7 Å². The Morgan fingerprint density at radius 2 is 1.83 bits per heavy atom. The molecule has 1 heterocycles. The maximum Gasteiger partial charge on any atom is 0.258 e. The van der Waals surface area contributed by atoms with Crippen molar-refractivity contribution in [2.24, 2.45) is 0 Å². The Balaban J connectivity index is 1.98. The summed E-state index contributed by atoms with van der Waals surface area (Å²) in [5, 5.41) is 3.16. The second-order valence-electron chi connectivity index (χ2n) is 5.60. The maximum atomic E-state index is 12.5. The highest BCUT2D eigenvalue weighted by Gasteiger charge is 2.19. The number of fused-ring (bicyclic) bond motifs is 1. The first-order valence-corrected chi connectivity index (χ1v) is 9.95. The molecule has 0 saturated carbocycles. The molecular formula is C17H16N2O3S2. The molecule has 124 valence electrons. The topological polar surface area (TPSA) is 76.1 Å². The van der Waals surface area contributed by atoms with Crippen molar-refractivity contribution in [3.8, 4) is 0 Å². The van der Waals surface area contributed by atoms with Gasteiger partial charge >= 0.3 is 0 Å². The highest BCUT2D eigenvalue weighted by atomic mass is 32.2. The Bertz CT molecular complexity index is 1050. The number of amides is 1. The average molecular weight is 360 g/mol. The molecule has 0 fully saturated rings. The fraction of sp³-hybridized carbons (Fsp3) is 0.176. The van der Waals surface area contributed by atoms with Gasteiger partial charge in [0.15, 0.2) is 15.0 Å². The van der Waals surface area contributed by atoms with Gasteiger partial charge in [-0.2, -0.15) is 0 Å². The van der Waals surface area contributed by atoms with Gasteiger partial charge in [0.25, 0.3) is 5.91 Å². The lowest BCUT2D eigenvalue weighted by Crippen LogP contribution is -2.15. The molecule has 2 aromatic carbocycles. The zero-order valence-electron chi connectivity index (χ0n) is 13.5. The van der Waals surface area contributed by atoms with Crippen molar-refractivity contribution in [3.63, 3.8) is 0 Å². The van der Waals surface area contributed by atoms with Crippen LogP contribution in [0.3, 0.4) is 0 Å². The molecule has 0 saturated heterocycles. The van der Waals surface area contributed by atoms with Gasteiger partial charge in [-0.05, 0) is 43.2 Å². The van der Waals surface area contributed by atoms with E-state index in [1.165, 1.54) is 23.5 Å². The van der Waals surface area contributed by atoms with E-state index in [9.17, 15) is 13.2 Å². The molecule has 5 nitrogen and oxygen atoms in total. The first kappa shape index (κ1) is 16.6. The summed E-state index contributed by atoms with van der Waals surface area (Å²) in [5.74, 6) is -0.482. The minimum Gasteiger partial charge on any atom is -0.298 e. The van der Waals surface area contributed by atoms with Crippen molar-refractivity contribution in [2.75, 3.05) is 11.6 Å². The third kappa shape index (κ3) is 3.05. The van der Waals surface area contributed by atoms with E-state index < -0.39 is 15.7 Å². The van der Waals surface area contributed by atoms with E-state index in [0.29, 0.717) is 5.13 Å². The van der Waals surface area contributed by atoms with Gasteiger partial charge in [-0.3, -0.25) is 10.1 Å². The SMILES string of the molecule is Cc1ccc2sc(NC(=O)c3ccccc3S(C)(=O)=O)nc2c1C. The first-order valence-electron chi connectivity index (χ1n) is 7.24. The molecule has 0 atom stereocenters. The molecule has 3 aromatic rings. The van der Waals surface area contributed by atoms with Crippen molar-refractivity contribution < 1.29 is 13.2 Å². The highest BCUT2D eigenvalue weighted by Crippen LogP contribution is 2.30. The molecular weight excluding hydrogens is 344 g/mol. The largest absolute Gasteiger partial charge is 0.298 e. The summed E-state index contributed by atoms with van der Waals surface area (Å²) in [6, 6.07) is 10.1. The van der Waals surface area contributed by atoms with Crippen LogP contribution >= 0.6 is 11.3 Å². The molecule has 7 heteroatoms. The van der Waals surface area contributed by atoms with Gasteiger partial charge in [0.05, 0.1) is 20.7 Å². The molecule has 1 N–H and O–H groups in total. The van der Waals surface area contributed by atoms with Gasteiger partial charge in [-0.25, -0.2) is 13.4 Å². The fourth-order valence-electron chi connectivity index (χ4n) is 2.42. The lowest BCUT2D eigenvalue weighted by molar-refractivity contribution is 0.102. The van der Waals surface area contributed by atoms with Crippen LogP contribution in [-0.2, 0) is 9.84 Å². The van der Waals surface area contributed by atoms with E-state index >= 15 is 0 Å². The number of thiazole rings is 1. The number of carbonyl (C=O) groups is 1. The maximum absolute atomic E-state index is 12.5. The monoisotopic (exact) mass is 360 g/mol. The van der Waals surface area contributed by atoms with Crippen LogP contribution in [0.4, 0.5) is 5.13 Å². The third-order valence-corrected chi connectivity index (χ3v) is 5.93. The Labute approximate surface area is 144 Å². The van der Waals surface area contributed by atoms with E-state index in [1.54, 1.807) is 12.1 Å². The predicted octanol–water partition coefficient (Wildman–Crippen LogP) is 3.57. The number of aryl methyl sites for hydroxylation is 2. The van der Waals surface area contributed by atoms with Crippen molar-refractivity contribution >= 4 is 42.4 Å². The zero-order chi connectivity index (χ0) is 17.5. The van der Waals surface area contributed by atoms with E-state index in [1.807, 2.05) is 26.0 Å². The number of hydrogen-bond acceptors (Lipinski definition) is 5. The molecule has 1 aromatic heterocycles. The summed E-state index contributed by atoms with van der Waals surface area (Å²) in [6.45, 7) is 4.00. The zero-order valence-corrected chi connectivity index (χ0v) is 15.1. The van der Waals surface area contributed by atoms with Gasteiger partial charge < -0.3 is 0 Å². The van der Waals surface area contributed by atoms with Gasteiger partial charge in [0.2, 0.25) is 0 Å². The summed E-state index contributed by atoms with van der Waals surface area (Å²) in [7, 11) is -3.49. The van der Waals surface area contributed by atoms with E-state index in [4.69, 9.17) is 0 Å². The van der Waals surface area contributed by atoms with Gasteiger partial charge in [-0.15, -0.1) is 0 Å². The second kappa shape index (κ2) is 5.99. The van der Waals surface area contributed by atoms with Crippen LogP contribution in [0.1, 0.15) is 21.5 Å². The van der Waals surface area contributed by atoms with E-state index in [-0.39, 0.29) is 10.5 Å². The molecule has 24 heavy (non-hydrogen) atoms. The molecule has 0 unspecified atom stereocenters. The number of rotatable bonds is 3. The third-order valence-electron chi connectivity index (χ3n) is 3.84. The van der Waals surface area contributed by atoms with Crippen LogP contribution in [0.5, 0.6) is 0 Å². The number of aromatic nitrogens is 1. The van der Waals surface area contributed by atoms with Gasteiger partial charge in [0.1, 0.15) is 0 Å². The van der Waals surface area contributed by atoms with Crippen LogP contribution in [0.25, 0.3) is 10.2 Å². The molecule has 3 rings (SSSR count). The quantitative estimate of drug-likeness (QED) is 0.775. The summed E-state index contributed by atoms with van der Waals surface area (Å²) in [4.78, 5) is 17.0. The van der Waals surface area contributed by atoms with Crippen molar-refractivity contribution in [3.05, 3.63) is 53.1 Å². The second-order valence-corrected chi connectivity index (χ2v) is 8.61. The molecule has 0 spiro atoms. The summed E-state index contributed by atoms with van der Waals surface area (Å²) in [5.41, 5.74) is 3.17. The first-order chi connectivity index (χ1) is 11.3. The number of nitrogens with zero attached hydrogens (tertiary/aromatic N) is 1. The minimum atomic E-state index is -3.49. The number of hydrogen-bond donors (Lipinski definition) is 1. The summed E-state index contributed by atoms with van der Waals surface area (Å²) >= 11 is 1.36. The number of sulfone groups is 1. The Morgan fingerprint density at radius 3 is 2.54 bits per heavy atom. The standard InChI is InChI=1S/C17H16N2O3S2/c1-10-8-9-13-15(11(10)2)18-17(23-13)19-16(20)12-6-4-5-7-14(12)24(3,21)22/h4-9H,1-3H3,(H,18,19,20). The minimum absolute atomic E-state index is 0.00985. The van der Waals surface area contributed by atoms with Gasteiger partial charge in [0, 0.05) is 6.26 Å². The molecule has 0 aliphatic carbocycles. The number of anilines is 1. The van der Waals surface area contributed by atoms with Crippen LogP contribution < -0.4 is 5.32 Å². The smallest absolute Gasteiger partial charge is 0.258 e. The Hall–Kier alpha value is -2.25. The number of benzene rings is 2. The molecule has 0 aliphatic heterocycles. The van der Waals surface area contributed by atoms with E-state index in [0.717, 1.165) is 27.6 Å². The number of nitrogens with one attached hydrogen (secondary N) is 1. The van der Waals surface area contributed by atoms with Gasteiger partial charge in [-0.1, -0.05) is 29.5 Å². The van der Waals surface area contributed by atoms with Crippen molar-refractivity contribution in [1.82, 2.24) is 4.98 Å². The summed E-state index contributed by atoms with van der Waals surface area (Å²) in [6.07, 6.45) is 1.09. The molecule has 1 amide bonds. The fourth-order valence-corrected chi connectivity index (χ4v) is 4.23. The molecule has 0 bridgehead atoms. The average Bonchev–Trinajstić information content (AvgIpc) is 2.93. The number of carbonyl (C=O) groups excluding carboxylic acids is 1. The molecule has 0 aliphatic rings. The van der Waals surface area contributed by atoms with Crippen molar-refractivity contribution in [1.29, 1.82) is 0 Å². The lowest BCUT2D eigenvalue weighted by Gasteiger charge is -2.06. The highest BCUT2D eigenvalue weighted by molar-refractivity contribution is 7.90. The predicted molar refractivity (Wildman–Crippen MR) is 96.6 cm³/mol. The Morgan fingerprint density at radius 1 is 1.12 bits per heavy atom. The Kier molecular flexibility index (Phi) is 4.15. The summed E-state index contributed by atoms with van der Waals surface area (Å²) < 4.78 is 24.7. The van der Waals surface area contributed by atoms with Crippen LogP contribution in [0.15, 0.2) is 41.3 Å². The van der Waals surface area contributed by atoms with E-state index in [2.05, 4.69) is 10.3 Å². The normalized spacial score (nSPS) is 11.6.